The van der Waals surface area contributed by atoms with Gasteiger partial charge in [-0.25, -0.2) is 4.68 Å². The van der Waals surface area contributed by atoms with Crippen LogP contribution in [-0.4, -0.2) is 31.3 Å². The molecule has 0 radical (unpaired) electrons. The largest absolute Gasteiger partial charge is 0.354 e. The third-order valence-electron chi connectivity index (χ3n) is 2.46. The molecule has 0 aromatic carbocycles. The van der Waals surface area contributed by atoms with Crippen LogP contribution >= 0.6 is 22.9 Å². The fourth-order valence-electron chi connectivity index (χ4n) is 1.64. The molecule has 8 heteroatoms. The van der Waals surface area contributed by atoms with Crippen molar-refractivity contribution in [2.24, 2.45) is 0 Å². The van der Waals surface area contributed by atoms with E-state index in [-0.39, 0.29) is 0 Å². The van der Waals surface area contributed by atoms with Crippen molar-refractivity contribution < 1.29 is 0 Å². The summed E-state index contributed by atoms with van der Waals surface area (Å²) in [7, 11) is 0. The van der Waals surface area contributed by atoms with Gasteiger partial charge in [-0.15, -0.1) is 11.3 Å². The molecule has 0 spiro atoms. The van der Waals surface area contributed by atoms with Crippen LogP contribution in [0.4, 0.5) is 5.95 Å². The smallest absolute Gasteiger partial charge is 0.255 e. The summed E-state index contributed by atoms with van der Waals surface area (Å²) in [4.78, 5) is 14.1. The van der Waals surface area contributed by atoms with Gasteiger partial charge in [0.1, 0.15) is 0 Å². The first kappa shape index (κ1) is 13.0. The monoisotopic (exact) mass is 306 g/mol. The first-order chi connectivity index (χ1) is 9.76. The predicted octanol–water partition coefficient (Wildman–Crippen LogP) is 2.87. The van der Waals surface area contributed by atoms with Crippen LogP contribution in [0.3, 0.4) is 0 Å². The standard InChI is InChI=1S/C12H11ClN6S/c1-2-14-11-16-10(8-4-5-9(13)20-8)17-12(18-11)19-7-3-6-15-19/h3-7H,2H2,1H3,(H,14,16,17,18). The average molecular weight is 307 g/mol. The molecule has 0 aliphatic rings. The number of hydrogen-bond donors (Lipinski definition) is 1. The molecule has 6 nitrogen and oxygen atoms in total. The lowest BCUT2D eigenvalue weighted by Crippen LogP contribution is -2.09. The lowest BCUT2D eigenvalue weighted by atomic mass is 10.4. The van der Waals surface area contributed by atoms with Gasteiger partial charge in [0.05, 0.1) is 9.21 Å². The van der Waals surface area contributed by atoms with Crippen molar-refractivity contribution >= 4 is 28.9 Å². The molecule has 0 unspecified atom stereocenters. The highest BCUT2D eigenvalue weighted by molar-refractivity contribution is 7.19. The number of halogens is 1. The van der Waals surface area contributed by atoms with E-state index in [0.717, 1.165) is 11.4 Å². The van der Waals surface area contributed by atoms with Gasteiger partial charge in [-0.3, -0.25) is 0 Å². The Morgan fingerprint density at radius 3 is 2.85 bits per heavy atom. The van der Waals surface area contributed by atoms with Crippen LogP contribution < -0.4 is 5.32 Å². The highest BCUT2D eigenvalue weighted by atomic mass is 35.5. The second-order valence-corrected chi connectivity index (χ2v) is 5.58. The van der Waals surface area contributed by atoms with Crippen molar-refractivity contribution in [2.75, 3.05) is 11.9 Å². The normalized spacial score (nSPS) is 10.7. The molecule has 3 heterocycles. The van der Waals surface area contributed by atoms with E-state index in [1.54, 1.807) is 17.1 Å². The molecule has 0 saturated carbocycles. The molecule has 0 bridgehead atoms. The zero-order valence-electron chi connectivity index (χ0n) is 10.6. The molecule has 3 rings (SSSR count). The molecule has 1 N–H and O–H groups in total. The molecular formula is C12H11ClN6S. The van der Waals surface area contributed by atoms with Crippen LogP contribution in [0, 0.1) is 0 Å². The minimum Gasteiger partial charge on any atom is -0.354 e. The summed E-state index contributed by atoms with van der Waals surface area (Å²) in [6.07, 6.45) is 3.47. The Bertz CT molecular complexity index is 709. The lowest BCUT2D eigenvalue weighted by Gasteiger charge is -2.06. The average Bonchev–Trinajstić information content (AvgIpc) is 3.09. The van der Waals surface area contributed by atoms with Gasteiger partial charge in [-0.1, -0.05) is 11.6 Å². The zero-order valence-corrected chi connectivity index (χ0v) is 12.2. The Morgan fingerprint density at radius 1 is 1.30 bits per heavy atom. The Morgan fingerprint density at radius 2 is 2.20 bits per heavy atom. The van der Waals surface area contributed by atoms with Gasteiger partial charge in [-0.05, 0) is 25.1 Å². The van der Waals surface area contributed by atoms with E-state index >= 15 is 0 Å². The van der Waals surface area contributed by atoms with Crippen LogP contribution in [-0.2, 0) is 0 Å². The maximum atomic E-state index is 5.96. The van der Waals surface area contributed by atoms with Gasteiger partial charge < -0.3 is 5.32 Å². The summed E-state index contributed by atoms with van der Waals surface area (Å²) in [6.45, 7) is 2.71. The number of nitrogens with zero attached hydrogens (tertiary/aromatic N) is 5. The van der Waals surface area contributed by atoms with E-state index < -0.39 is 0 Å². The van der Waals surface area contributed by atoms with Crippen molar-refractivity contribution in [1.82, 2.24) is 24.7 Å². The van der Waals surface area contributed by atoms with Gasteiger partial charge in [-0.2, -0.15) is 20.1 Å². The Labute approximate surface area is 124 Å². The molecule has 0 atom stereocenters. The van der Waals surface area contributed by atoms with Crippen molar-refractivity contribution in [2.45, 2.75) is 6.92 Å². The highest BCUT2D eigenvalue weighted by Crippen LogP contribution is 2.29. The van der Waals surface area contributed by atoms with Gasteiger partial charge in [0.25, 0.3) is 5.95 Å². The number of hydrogen-bond acceptors (Lipinski definition) is 6. The molecule has 0 amide bonds. The fourth-order valence-corrected chi connectivity index (χ4v) is 2.61. The number of rotatable bonds is 4. The number of thiophene rings is 1. The van der Waals surface area contributed by atoms with Gasteiger partial charge in [0.15, 0.2) is 5.82 Å². The third-order valence-corrected chi connectivity index (χ3v) is 3.69. The van der Waals surface area contributed by atoms with E-state index in [9.17, 15) is 0 Å². The summed E-state index contributed by atoms with van der Waals surface area (Å²) in [5, 5.41) is 7.24. The second-order valence-electron chi connectivity index (χ2n) is 3.87. The predicted molar refractivity (Wildman–Crippen MR) is 79.4 cm³/mol. The molecule has 102 valence electrons. The summed E-state index contributed by atoms with van der Waals surface area (Å²) in [6, 6.07) is 5.54. The molecular weight excluding hydrogens is 296 g/mol. The Balaban J connectivity index is 2.09. The molecule has 0 aliphatic heterocycles. The molecule has 3 aromatic heterocycles. The van der Waals surface area contributed by atoms with Gasteiger partial charge in [0.2, 0.25) is 5.95 Å². The van der Waals surface area contributed by atoms with E-state index in [1.807, 2.05) is 25.1 Å². The third kappa shape index (κ3) is 2.63. The zero-order chi connectivity index (χ0) is 13.9. The van der Waals surface area contributed by atoms with Crippen LogP contribution in [0.25, 0.3) is 16.6 Å². The van der Waals surface area contributed by atoms with E-state index in [0.29, 0.717) is 22.1 Å². The lowest BCUT2D eigenvalue weighted by molar-refractivity contribution is 0.799. The van der Waals surface area contributed by atoms with Crippen molar-refractivity contribution in [3.8, 4) is 16.6 Å². The molecule has 0 aliphatic carbocycles. The number of nitrogens with one attached hydrogen (secondary N) is 1. The van der Waals surface area contributed by atoms with Crippen LogP contribution in [0.15, 0.2) is 30.6 Å². The van der Waals surface area contributed by atoms with E-state index in [4.69, 9.17) is 11.6 Å². The van der Waals surface area contributed by atoms with Crippen molar-refractivity contribution in [3.05, 3.63) is 34.9 Å². The van der Waals surface area contributed by atoms with E-state index in [1.165, 1.54) is 11.3 Å². The molecule has 0 saturated heterocycles. The first-order valence-electron chi connectivity index (χ1n) is 6.02. The second kappa shape index (κ2) is 5.56. The summed E-state index contributed by atoms with van der Waals surface area (Å²) < 4.78 is 2.30. The van der Waals surface area contributed by atoms with Crippen LogP contribution in [0.2, 0.25) is 4.34 Å². The van der Waals surface area contributed by atoms with Crippen LogP contribution in [0.1, 0.15) is 6.92 Å². The minimum absolute atomic E-state index is 0.473. The summed E-state index contributed by atoms with van der Waals surface area (Å²) >= 11 is 7.39. The van der Waals surface area contributed by atoms with Crippen molar-refractivity contribution in [3.63, 3.8) is 0 Å². The molecule has 0 fully saturated rings. The molecule has 3 aromatic rings. The topological polar surface area (TPSA) is 68.5 Å². The Hall–Kier alpha value is -1.99. The van der Waals surface area contributed by atoms with Crippen LogP contribution in [0.5, 0.6) is 0 Å². The molecule has 20 heavy (non-hydrogen) atoms. The number of aromatic nitrogens is 5. The maximum absolute atomic E-state index is 5.96. The van der Waals surface area contributed by atoms with Gasteiger partial charge in [0, 0.05) is 18.9 Å². The van der Waals surface area contributed by atoms with Crippen molar-refractivity contribution in [1.29, 1.82) is 0 Å². The minimum atomic E-state index is 0.473. The maximum Gasteiger partial charge on any atom is 0.255 e. The van der Waals surface area contributed by atoms with Gasteiger partial charge >= 0.3 is 0 Å². The fraction of sp³-hybridized carbons (Fsp3) is 0.167. The summed E-state index contributed by atoms with van der Waals surface area (Å²) in [5.41, 5.74) is 0. The Kier molecular flexibility index (Phi) is 3.62. The first-order valence-corrected chi connectivity index (χ1v) is 7.21. The SMILES string of the molecule is CCNc1nc(-c2ccc(Cl)s2)nc(-n2cccn2)n1. The number of anilines is 1. The van der Waals surface area contributed by atoms with E-state index in [2.05, 4.69) is 25.4 Å². The quantitative estimate of drug-likeness (QED) is 0.802. The highest BCUT2D eigenvalue weighted by Gasteiger charge is 2.11. The summed E-state index contributed by atoms with van der Waals surface area (Å²) in [5.74, 6) is 1.58.